The molecule has 0 aliphatic heterocycles. The number of anilines is 1. The molecule has 2 heterocycles. The van der Waals surface area contributed by atoms with E-state index in [1.54, 1.807) is 26.0 Å². The van der Waals surface area contributed by atoms with Crippen molar-refractivity contribution in [3.8, 4) is 0 Å². The molecule has 11 heteroatoms. The Morgan fingerprint density at radius 2 is 2.14 bits per heavy atom. The Labute approximate surface area is 170 Å². The maximum absolute atomic E-state index is 13.3. The Kier molecular flexibility index (Phi) is 5.92. The molecule has 0 bridgehead atoms. The number of hydrogen-bond donors (Lipinski definition) is 1. The summed E-state index contributed by atoms with van der Waals surface area (Å²) in [6.45, 7) is 3.67. The van der Waals surface area contributed by atoms with Gasteiger partial charge in [0.25, 0.3) is 5.91 Å². The molecule has 9 nitrogen and oxygen atoms in total. The molecule has 3 rings (SSSR count). The lowest BCUT2D eigenvalue weighted by Gasteiger charge is -2.13. The van der Waals surface area contributed by atoms with Crippen LogP contribution in [0.25, 0.3) is 0 Å². The van der Waals surface area contributed by atoms with Crippen molar-refractivity contribution in [2.45, 2.75) is 32.9 Å². The SMILES string of the molecule is CCC(C(=O)Nc1nn(Cc2cccc(F)c2)cc1Cl)n1nc([N+](=O)[O-])cc1C. The minimum absolute atomic E-state index is 0.144. The molecular formula is C18H18ClFN6O3. The van der Waals surface area contributed by atoms with Crippen LogP contribution >= 0.6 is 11.6 Å². The van der Waals surface area contributed by atoms with E-state index in [2.05, 4.69) is 15.5 Å². The van der Waals surface area contributed by atoms with E-state index in [1.807, 2.05) is 0 Å². The highest BCUT2D eigenvalue weighted by Crippen LogP contribution is 2.24. The number of halogens is 2. The lowest BCUT2D eigenvalue weighted by Crippen LogP contribution is -2.27. The zero-order chi connectivity index (χ0) is 21.1. The van der Waals surface area contributed by atoms with E-state index in [0.717, 1.165) is 0 Å². The predicted molar refractivity (Wildman–Crippen MR) is 104 cm³/mol. The molecule has 0 spiro atoms. The number of aryl methyl sites for hydroxylation is 1. The van der Waals surface area contributed by atoms with Gasteiger partial charge in [0.2, 0.25) is 0 Å². The first kappa shape index (κ1) is 20.5. The molecule has 0 radical (unpaired) electrons. The number of aromatic nitrogens is 4. The Balaban J connectivity index is 1.77. The average molecular weight is 421 g/mol. The minimum Gasteiger partial charge on any atom is -0.358 e. The van der Waals surface area contributed by atoms with Gasteiger partial charge in [0.15, 0.2) is 11.9 Å². The van der Waals surface area contributed by atoms with Crippen molar-refractivity contribution in [2.24, 2.45) is 0 Å². The number of carbonyl (C=O) groups is 1. The number of carbonyl (C=O) groups excluding carboxylic acids is 1. The van der Waals surface area contributed by atoms with Crippen LogP contribution in [0.15, 0.2) is 36.5 Å². The van der Waals surface area contributed by atoms with Crippen LogP contribution in [0.2, 0.25) is 5.02 Å². The average Bonchev–Trinajstić information content (AvgIpc) is 3.19. The van der Waals surface area contributed by atoms with Crippen LogP contribution in [0.3, 0.4) is 0 Å². The molecule has 29 heavy (non-hydrogen) atoms. The molecule has 0 fully saturated rings. The second-order valence-electron chi connectivity index (χ2n) is 6.41. The van der Waals surface area contributed by atoms with Crippen LogP contribution in [0.4, 0.5) is 16.0 Å². The van der Waals surface area contributed by atoms with Crippen LogP contribution in [0.5, 0.6) is 0 Å². The summed E-state index contributed by atoms with van der Waals surface area (Å²) >= 11 is 6.17. The number of nitrogens with one attached hydrogen (secondary N) is 1. The van der Waals surface area contributed by atoms with E-state index in [4.69, 9.17) is 11.6 Å². The molecule has 0 aliphatic carbocycles. The van der Waals surface area contributed by atoms with Crippen molar-refractivity contribution in [3.63, 3.8) is 0 Å². The van der Waals surface area contributed by atoms with Gasteiger partial charge in [-0.15, -0.1) is 0 Å². The first-order valence-corrected chi connectivity index (χ1v) is 9.15. The second-order valence-corrected chi connectivity index (χ2v) is 6.82. The Morgan fingerprint density at radius 1 is 1.38 bits per heavy atom. The first-order valence-electron chi connectivity index (χ1n) is 8.77. The highest BCUT2D eigenvalue weighted by molar-refractivity contribution is 6.33. The third-order valence-corrected chi connectivity index (χ3v) is 4.55. The maximum Gasteiger partial charge on any atom is 0.390 e. The lowest BCUT2D eigenvalue weighted by atomic mass is 10.2. The molecule has 3 aromatic rings. The normalized spacial score (nSPS) is 12.0. The second kappa shape index (κ2) is 8.39. The zero-order valence-corrected chi connectivity index (χ0v) is 16.4. The van der Waals surface area contributed by atoms with Gasteiger partial charge < -0.3 is 15.4 Å². The molecular weight excluding hydrogens is 403 g/mol. The first-order chi connectivity index (χ1) is 13.8. The summed E-state index contributed by atoms with van der Waals surface area (Å²) in [6.07, 6.45) is 1.88. The van der Waals surface area contributed by atoms with Gasteiger partial charge in [-0.3, -0.25) is 9.48 Å². The third-order valence-electron chi connectivity index (χ3n) is 4.27. The Morgan fingerprint density at radius 3 is 2.76 bits per heavy atom. The van der Waals surface area contributed by atoms with Gasteiger partial charge >= 0.3 is 5.82 Å². The fourth-order valence-corrected chi connectivity index (χ4v) is 3.13. The smallest absolute Gasteiger partial charge is 0.358 e. The molecule has 152 valence electrons. The van der Waals surface area contributed by atoms with Gasteiger partial charge in [-0.2, -0.15) is 9.78 Å². The maximum atomic E-state index is 13.3. The summed E-state index contributed by atoms with van der Waals surface area (Å²) in [5.41, 5.74) is 1.18. The van der Waals surface area contributed by atoms with E-state index >= 15 is 0 Å². The summed E-state index contributed by atoms with van der Waals surface area (Å²) in [6, 6.07) is 6.60. The number of hydrogen-bond acceptors (Lipinski definition) is 5. The van der Waals surface area contributed by atoms with Crippen LogP contribution in [0, 0.1) is 22.9 Å². The van der Waals surface area contributed by atoms with Crippen molar-refractivity contribution in [3.05, 3.63) is 68.7 Å². The summed E-state index contributed by atoms with van der Waals surface area (Å²) in [7, 11) is 0. The van der Waals surface area contributed by atoms with E-state index in [0.29, 0.717) is 17.7 Å². The molecule has 2 aromatic heterocycles. The lowest BCUT2D eigenvalue weighted by molar-refractivity contribution is -0.389. The number of benzene rings is 1. The highest BCUT2D eigenvalue weighted by Gasteiger charge is 2.28. The summed E-state index contributed by atoms with van der Waals surface area (Å²) < 4.78 is 16.1. The molecule has 0 aliphatic rings. The third kappa shape index (κ3) is 4.60. The van der Waals surface area contributed by atoms with Gasteiger partial charge in [0.1, 0.15) is 10.8 Å². The number of nitrogens with zero attached hydrogens (tertiary/aromatic N) is 5. The monoisotopic (exact) mass is 420 g/mol. The van der Waals surface area contributed by atoms with Crippen LogP contribution in [0.1, 0.15) is 30.6 Å². The zero-order valence-electron chi connectivity index (χ0n) is 15.7. The summed E-state index contributed by atoms with van der Waals surface area (Å²) in [5, 5.41) is 21.9. The van der Waals surface area contributed by atoms with Gasteiger partial charge in [-0.1, -0.05) is 30.7 Å². The number of rotatable bonds is 7. The van der Waals surface area contributed by atoms with Crippen molar-refractivity contribution in [1.82, 2.24) is 19.6 Å². The molecule has 1 unspecified atom stereocenters. The summed E-state index contributed by atoms with van der Waals surface area (Å²) in [4.78, 5) is 23.1. The molecule has 1 aromatic carbocycles. The van der Waals surface area contributed by atoms with Crippen molar-refractivity contribution in [2.75, 3.05) is 5.32 Å². The standard InChI is InChI=1S/C18H18ClFN6O3/c1-3-15(25-11(2)7-16(22-25)26(28)29)18(27)21-17-14(19)10-24(23-17)9-12-5-4-6-13(20)8-12/h4-8,10,15H,3,9H2,1-2H3,(H,21,23,27). The molecule has 0 saturated heterocycles. The molecule has 0 saturated carbocycles. The van der Waals surface area contributed by atoms with Crippen molar-refractivity contribution < 1.29 is 14.1 Å². The van der Waals surface area contributed by atoms with Gasteiger partial charge in [-0.05, 0) is 36.0 Å². The molecule has 1 atom stereocenters. The van der Waals surface area contributed by atoms with Gasteiger partial charge in [0.05, 0.1) is 23.4 Å². The predicted octanol–water partition coefficient (Wildman–Crippen LogP) is 3.73. The van der Waals surface area contributed by atoms with Crippen molar-refractivity contribution >= 4 is 29.1 Å². The Bertz CT molecular complexity index is 1060. The van der Waals surface area contributed by atoms with Crippen LogP contribution in [-0.2, 0) is 11.3 Å². The van der Waals surface area contributed by atoms with Crippen LogP contribution in [-0.4, -0.2) is 30.4 Å². The van der Waals surface area contributed by atoms with E-state index in [1.165, 1.54) is 33.8 Å². The van der Waals surface area contributed by atoms with Crippen molar-refractivity contribution in [1.29, 1.82) is 0 Å². The van der Waals surface area contributed by atoms with Crippen LogP contribution < -0.4 is 5.32 Å². The van der Waals surface area contributed by atoms with E-state index in [-0.39, 0.29) is 29.0 Å². The minimum atomic E-state index is -0.770. The summed E-state index contributed by atoms with van der Waals surface area (Å²) in [5.74, 6) is -0.993. The van der Waals surface area contributed by atoms with Gasteiger partial charge in [0, 0.05) is 6.20 Å². The number of nitro groups is 1. The fraction of sp³-hybridized carbons (Fsp3) is 0.278. The van der Waals surface area contributed by atoms with Gasteiger partial charge in [-0.25, -0.2) is 4.39 Å². The molecule has 1 amide bonds. The quantitative estimate of drug-likeness (QED) is 0.463. The molecule has 1 N–H and O–H groups in total. The number of amides is 1. The highest BCUT2D eigenvalue weighted by atomic mass is 35.5. The van der Waals surface area contributed by atoms with E-state index < -0.39 is 16.9 Å². The topological polar surface area (TPSA) is 108 Å². The Hall–Kier alpha value is -3.27. The fourth-order valence-electron chi connectivity index (χ4n) is 2.93. The van der Waals surface area contributed by atoms with E-state index in [9.17, 15) is 19.3 Å². The largest absolute Gasteiger partial charge is 0.390 e.